The normalized spacial score (nSPS) is 12.1. The number of carbonyl (C=O) groups excluding carboxylic acids is 4. The van der Waals surface area contributed by atoms with E-state index in [4.69, 9.17) is 0 Å². The Balaban J connectivity index is -0.000000217. The standard InChI is InChI=1S/C15H17NO.C14H14NO.C10H11NO2.C5H7.5CH4.W.Y/c1-11-6-8-14(15(17)16-2)10-13(11)9-7-12-4-3-5-12;1-15-14(16)13-7-3-6-12(10-13)9-8-11-4-2-5-11;1-7-3-4-8(10(13)11-2)5-9(7)6-12;1-5-3-2-4-5;;;;;;;/h4,6-10H,3,5H2,1-2H3,(H,16,17);3-4,7-10H,2,5H2,1H3,(H,15,16);3-6H,1-2H3,(H,11,13);3H,1-2,4H2;5*1H4;;/q;-1;;-1;;;;;;;/b9-7+;9-8+;;;;;;;;;. The first-order valence-corrected chi connectivity index (χ1v) is 17.2. The molecule has 0 fully saturated rings. The number of aldehydes is 1. The Bertz CT molecular complexity index is 1880. The minimum absolute atomic E-state index is 0. The van der Waals surface area contributed by atoms with Crippen molar-refractivity contribution in [2.24, 2.45) is 0 Å². The van der Waals surface area contributed by atoms with Crippen LogP contribution in [0.2, 0.25) is 0 Å². The van der Waals surface area contributed by atoms with Crippen LogP contribution in [0.25, 0.3) is 12.2 Å². The third-order valence-corrected chi connectivity index (χ3v) is 8.51. The zero-order valence-electron chi connectivity index (χ0n) is 31.4. The SMILES string of the molecule is C.C.C.C.C.CNC(=O)c1cc[c-]c(/C=C/C2=CCC2)c1.CNC(=O)c1ccc(C)c(/C=C/C2=CCC2)c1.CNC(=O)c1ccc(C)c(C=O)c1.[CH2-]C1=CCC1.[W].[Y]. The van der Waals surface area contributed by atoms with Crippen molar-refractivity contribution in [3.63, 3.8) is 0 Å². The van der Waals surface area contributed by atoms with E-state index < -0.39 is 0 Å². The molecule has 3 amide bonds. The second kappa shape index (κ2) is 34.0. The molecule has 0 aromatic heterocycles. The van der Waals surface area contributed by atoms with Crippen LogP contribution in [0.4, 0.5) is 0 Å². The van der Waals surface area contributed by atoms with Gasteiger partial charge in [0.25, 0.3) is 11.8 Å². The van der Waals surface area contributed by atoms with Gasteiger partial charge < -0.3 is 16.0 Å². The minimum Gasteiger partial charge on any atom is -0.356 e. The fourth-order valence-electron chi connectivity index (χ4n) is 4.69. The topological polar surface area (TPSA) is 104 Å². The van der Waals surface area contributed by atoms with Crippen molar-refractivity contribution in [1.82, 2.24) is 16.0 Å². The maximum absolute atomic E-state index is 11.5. The van der Waals surface area contributed by atoms with Crippen molar-refractivity contribution in [3.05, 3.63) is 159 Å². The zero-order chi connectivity index (χ0) is 37.2. The maximum Gasteiger partial charge on any atom is 0.251 e. The summed E-state index contributed by atoms with van der Waals surface area (Å²) in [5, 5.41) is 7.75. The van der Waals surface area contributed by atoms with Crippen molar-refractivity contribution < 1.29 is 73.0 Å². The first-order chi connectivity index (χ1) is 24.6. The summed E-state index contributed by atoms with van der Waals surface area (Å²) in [5.74, 6) is -0.280. The number of amides is 3. The van der Waals surface area contributed by atoms with E-state index in [1.54, 1.807) is 51.5 Å². The van der Waals surface area contributed by atoms with Gasteiger partial charge in [-0.25, -0.2) is 18.6 Å². The molecule has 0 aliphatic heterocycles. The van der Waals surface area contributed by atoms with Crippen LogP contribution >= 0.6 is 0 Å². The second-order valence-electron chi connectivity index (χ2n) is 12.2. The summed E-state index contributed by atoms with van der Waals surface area (Å²) in [6, 6.07) is 19.3. The van der Waals surface area contributed by atoms with Crippen molar-refractivity contribution in [2.45, 2.75) is 89.5 Å². The van der Waals surface area contributed by atoms with Gasteiger partial charge in [-0.05, 0) is 86.1 Å². The van der Waals surface area contributed by atoms with Crippen molar-refractivity contribution in [1.29, 1.82) is 0 Å². The molecule has 0 spiro atoms. The van der Waals surface area contributed by atoms with Gasteiger partial charge in [-0.1, -0.05) is 91.1 Å². The number of hydrogen-bond acceptors (Lipinski definition) is 4. The van der Waals surface area contributed by atoms with Crippen LogP contribution in [0, 0.1) is 26.8 Å². The summed E-state index contributed by atoms with van der Waals surface area (Å²) in [5.41, 5.74) is 10.6. The van der Waals surface area contributed by atoms with Gasteiger partial charge in [0, 0.05) is 91.6 Å². The van der Waals surface area contributed by atoms with E-state index in [2.05, 4.69) is 72.3 Å². The summed E-state index contributed by atoms with van der Waals surface area (Å²) in [4.78, 5) is 44.7. The molecule has 9 heteroatoms. The van der Waals surface area contributed by atoms with E-state index in [0.29, 0.717) is 22.3 Å². The maximum atomic E-state index is 11.5. The van der Waals surface area contributed by atoms with Crippen molar-refractivity contribution >= 4 is 36.2 Å². The molecule has 315 valence electrons. The second-order valence-corrected chi connectivity index (χ2v) is 12.2. The molecule has 0 unspecified atom stereocenters. The summed E-state index contributed by atoms with van der Waals surface area (Å²) >= 11 is 0. The fraction of sp³-hybridized carbons (Fsp3) is 0.327. The molecule has 1 radical (unpaired) electrons. The molecule has 6 rings (SSSR count). The number of nitrogens with one attached hydrogen (secondary N) is 3. The van der Waals surface area contributed by atoms with Crippen molar-refractivity contribution in [2.75, 3.05) is 21.1 Å². The predicted octanol–water partition coefficient (Wildman–Crippen LogP) is 11.6. The molecule has 3 aromatic rings. The number of aryl methyl sites for hydroxylation is 2. The number of carbonyl (C=O) groups is 4. The summed E-state index contributed by atoms with van der Waals surface area (Å²) < 4.78 is 0. The average Bonchev–Trinajstić information content (AvgIpc) is 3.10. The average molecular weight is 1040 g/mol. The third kappa shape index (κ3) is 21.2. The molecule has 0 atom stereocenters. The Labute approximate surface area is 392 Å². The van der Waals surface area contributed by atoms with Gasteiger partial charge in [-0.2, -0.15) is 0 Å². The van der Waals surface area contributed by atoms with Gasteiger partial charge in [0.1, 0.15) is 6.29 Å². The Kier molecular flexibility index (Phi) is 37.1. The van der Waals surface area contributed by atoms with Crippen LogP contribution in [0.5, 0.6) is 0 Å². The van der Waals surface area contributed by atoms with Crippen LogP contribution in [-0.2, 0) is 53.8 Å². The van der Waals surface area contributed by atoms with Crippen molar-refractivity contribution in [3.8, 4) is 0 Å². The summed E-state index contributed by atoms with van der Waals surface area (Å²) in [6.07, 6.45) is 22.9. The molecule has 0 saturated carbocycles. The molecule has 3 aromatic carbocycles. The summed E-state index contributed by atoms with van der Waals surface area (Å²) in [6.45, 7) is 7.59. The van der Waals surface area contributed by atoms with Gasteiger partial charge in [0.15, 0.2) is 0 Å². The molecule has 3 aliphatic rings. The van der Waals surface area contributed by atoms with E-state index in [1.165, 1.54) is 54.4 Å². The Hall–Kier alpha value is -3.90. The number of hydrogen-bond donors (Lipinski definition) is 3. The quantitative estimate of drug-likeness (QED) is 0.154. The molecule has 58 heavy (non-hydrogen) atoms. The van der Waals surface area contributed by atoms with E-state index in [9.17, 15) is 19.2 Å². The predicted molar refractivity (Wildman–Crippen MR) is 242 cm³/mol. The van der Waals surface area contributed by atoms with Crippen LogP contribution in [0.15, 0.2) is 102 Å². The van der Waals surface area contributed by atoms with Gasteiger partial charge in [0.2, 0.25) is 5.91 Å². The van der Waals surface area contributed by atoms with E-state index in [-0.39, 0.29) is 109 Å². The van der Waals surface area contributed by atoms with Gasteiger partial charge in [-0.15, -0.1) is 48.4 Å². The van der Waals surface area contributed by atoms with Crippen LogP contribution in [0.3, 0.4) is 0 Å². The molecule has 3 aliphatic carbocycles. The zero-order valence-corrected chi connectivity index (χ0v) is 37.2. The number of allylic oxidation sites excluding steroid dienone is 8. The number of benzene rings is 3. The van der Waals surface area contributed by atoms with E-state index in [0.717, 1.165) is 29.4 Å². The van der Waals surface area contributed by atoms with E-state index >= 15 is 0 Å². The first-order valence-electron chi connectivity index (χ1n) is 17.2. The Morgan fingerprint density at radius 1 is 0.603 bits per heavy atom. The number of rotatable bonds is 8. The van der Waals surface area contributed by atoms with Gasteiger partial charge in [0.05, 0.1) is 0 Å². The van der Waals surface area contributed by atoms with Crippen LogP contribution in [-0.4, -0.2) is 45.2 Å². The summed E-state index contributed by atoms with van der Waals surface area (Å²) in [7, 11) is 4.84. The molecular weight excluding hydrogens is 967 g/mol. The van der Waals surface area contributed by atoms with E-state index in [1.807, 2.05) is 37.3 Å². The largest absolute Gasteiger partial charge is 0.356 e. The molecule has 0 heterocycles. The first kappa shape index (κ1) is 63.3. The Morgan fingerprint density at radius 2 is 0.983 bits per heavy atom. The molecule has 0 bridgehead atoms. The van der Waals surface area contributed by atoms with Crippen LogP contribution < -0.4 is 16.0 Å². The fourth-order valence-corrected chi connectivity index (χ4v) is 4.69. The van der Waals surface area contributed by atoms with Gasteiger partial charge in [-0.3, -0.25) is 19.2 Å². The smallest absolute Gasteiger partial charge is 0.251 e. The Morgan fingerprint density at radius 3 is 1.34 bits per heavy atom. The molecular formula is C49H69N3O4WY-2. The third-order valence-electron chi connectivity index (χ3n) is 8.51. The molecule has 7 nitrogen and oxygen atoms in total. The monoisotopic (exact) mass is 1040 g/mol. The molecule has 0 saturated heterocycles. The van der Waals surface area contributed by atoms with Gasteiger partial charge >= 0.3 is 0 Å². The minimum atomic E-state index is -0.178. The van der Waals surface area contributed by atoms with Crippen LogP contribution in [0.1, 0.15) is 139 Å². The molecule has 3 N–H and O–H groups in total.